The molecule has 0 saturated carbocycles. The van der Waals surface area contributed by atoms with Gasteiger partial charge in [0.25, 0.3) is 17.3 Å². The SMILES string of the molecule is COCc1cc(C)n(CC(=O)NN=Cc2ccc(OC)c(Oc3nc(Cl)ncc3F)c2)c(=O)c1C#N. The molecule has 13 heteroatoms. The fourth-order valence-corrected chi connectivity index (χ4v) is 3.26. The average molecular weight is 515 g/mol. The molecule has 0 saturated heterocycles. The second kappa shape index (κ2) is 11.9. The van der Waals surface area contributed by atoms with Gasteiger partial charge in [-0.05, 0) is 48.4 Å². The van der Waals surface area contributed by atoms with Crippen LogP contribution in [0.2, 0.25) is 5.28 Å². The standard InChI is InChI=1S/C23H20ClFN6O5/c1-13-6-15(12-34-2)16(8-26)22(33)31(13)11-20(32)30-28-9-14-4-5-18(35-3)19(7-14)36-21-17(25)10-27-23(24)29-21/h4-7,9-10H,11-12H2,1-3H3,(H,30,32). The van der Waals surface area contributed by atoms with Crippen LogP contribution in [0.15, 0.2) is 40.4 Å². The monoisotopic (exact) mass is 514 g/mol. The highest BCUT2D eigenvalue weighted by Crippen LogP contribution is 2.32. The number of aromatic nitrogens is 3. The number of methoxy groups -OCH3 is 2. The molecule has 3 aromatic rings. The van der Waals surface area contributed by atoms with Gasteiger partial charge in [-0.15, -0.1) is 0 Å². The number of aryl methyl sites for hydroxylation is 1. The van der Waals surface area contributed by atoms with Gasteiger partial charge in [-0.25, -0.2) is 10.4 Å². The maximum Gasteiger partial charge on any atom is 0.269 e. The topological polar surface area (TPSA) is 141 Å². The van der Waals surface area contributed by atoms with Gasteiger partial charge in [-0.3, -0.25) is 9.59 Å². The number of nitrogens with zero attached hydrogens (tertiary/aromatic N) is 5. The Hall–Kier alpha value is -4.34. The zero-order valence-electron chi connectivity index (χ0n) is 19.4. The molecule has 0 spiro atoms. The molecule has 0 fully saturated rings. The van der Waals surface area contributed by atoms with E-state index in [0.29, 0.717) is 16.8 Å². The zero-order valence-corrected chi connectivity index (χ0v) is 20.2. The third kappa shape index (κ3) is 6.21. The number of pyridine rings is 1. The first-order valence-electron chi connectivity index (χ1n) is 10.3. The van der Waals surface area contributed by atoms with E-state index >= 15 is 0 Å². The number of hydrazone groups is 1. The van der Waals surface area contributed by atoms with E-state index in [2.05, 4.69) is 20.5 Å². The summed E-state index contributed by atoms with van der Waals surface area (Å²) in [5, 5.41) is 13.0. The number of carbonyl (C=O) groups is 1. The normalized spacial score (nSPS) is 10.8. The van der Waals surface area contributed by atoms with Crippen molar-refractivity contribution in [3.05, 3.63) is 74.3 Å². The summed E-state index contributed by atoms with van der Waals surface area (Å²) in [6.07, 6.45) is 2.18. The molecule has 36 heavy (non-hydrogen) atoms. The smallest absolute Gasteiger partial charge is 0.269 e. The molecule has 0 bridgehead atoms. The van der Waals surface area contributed by atoms with Crippen molar-refractivity contribution in [3.63, 3.8) is 0 Å². The van der Waals surface area contributed by atoms with Crippen LogP contribution in [-0.4, -0.2) is 40.9 Å². The van der Waals surface area contributed by atoms with Gasteiger partial charge in [0.1, 0.15) is 18.2 Å². The third-order valence-corrected chi connectivity index (χ3v) is 4.96. The number of carbonyl (C=O) groups excluding carboxylic acids is 1. The quantitative estimate of drug-likeness (QED) is 0.261. The minimum absolute atomic E-state index is 0.0917. The Kier molecular flexibility index (Phi) is 8.66. The largest absolute Gasteiger partial charge is 0.493 e. The molecule has 1 aromatic carbocycles. The van der Waals surface area contributed by atoms with Crippen LogP contribution in [0.25, 0.3) is 0 Å². The van der Waals surface area contributed by atoms with E-state index in [9.17, 15) is 19.2 Å². The van der Waals surface area contributed by atoms with Crippen molar-refractivity contribution in [2.45, 2.75) is 20.1 Å². The molecule has 186 valence electrons. The number of ether oxygens (including phenoxy) is 3. The Morgan fingerprint density at radius 3 is 2.81 bits per heavy atom. The molecule has 11 nitrogen and oxygen atoms in total. The lowest BCUT2D eigenvalue weighted by Crippen LogP contribution is -2.33. The summed E-state index contributed by atoms with van der Waals surface area (Å²) in [6.45, 7) is 1.39. The zero-order chi connectivity index (χ0) is 26.2. The van der Waals surface area contributed by atoms with Gasteiger partial charge in [-0.2, -0.15) is 19.7 Å². The Bertz CT molecular complexity index is 1420. The summed E-state index contributed by atoms with van der Waals surface area (Å²) < 4.78 is 30.8. The number of nitrogens with one attached hydrogen (secondary N) is 1. The summed E-state index contributed by atoms with van der Waals surface area (Å²) in [5.41, 5.74) is 3.02. The minimum Gasteiger partial charge on any atom is -0.493 e. The average Bonchev–Trinajstić information content (AvgIpc) is 2.84. The van der Waals surface area contributed by atoms with Crippen molar-refractivity contribution in [1.29, 1.82) is 5.26 Å². The second-order valence-electron chi connectivity index (χ2n) is 7.22. The van der Waals surface area contributed by atoms with Crippen molar-refractivity contribution in [2.24, 2.45) is 5.10 Å². The number of nitriles is 1. The number of rotatable bonds is 9. The van der Waals surface area contributed by atoms with E-state index in [-0.39, 0.29) is 35.5 Å². The van der Waals surface area contributed by atoms with Gasteiger partial charge in [0, 0.05) is 18.4 Å². The van der Waals surface area contributed by atoms with E-state index in [0.717, 1.165) is 6.20 Å². The third-order valence-electron chi connectivity index (χ3n) is 4.78. The molecule has 0 unspecified atom stereocenters. The molecular weight excluding hydrogens is 495 g/mol. The predicted octanol–water partition coefficient (Wildman–Crippen LogP) is 2.71. The van der Waals surface area contributed by atoms with Crippen LogP contribution >= 0.6 is 11.6 Å². The van der Waals surface area contributed by atoms with Crippen LogP contribution in [0.5, 0.6) is 17.4 Å². The van der Waals surface area contributed by atoms with Crippen molar-refractivity contribution in [2.75, 3.05) is 14.2 Å². The van der Waals surface area contributed by atoms with Crippen LogP contribution in [0.3, 0.4) is 0 Å². The van der Waals surface area contributed by atoms with Crippen LogP contribution in [0.4, 0.5) is 4.39 Å². The highest BCUT2D eigenvalue weighted by Gasteiger charge is 2.15. The summed E-state index contributed by atoms with van der Waals surface area (Å²) in [6, 6.07) is 8.12. The molecule has 0 aliphatic heterocycles. The Morgan fingerprint density at radius 2 is 2.11 bits per heavy atom. The Morgan fingerprint density at radius 1 is 1.33 bits per heavy atom. The number of amides is 1. The number of benzene rings is 1. The van der Waals surface area contributed by atoms with E-state index in [4.69, 9.17) is 25.8 Å². The van der Waals surface area contributed by atoms with E-state index in [1.165, 1.54) is 31.1 Å². The Labute approximate surface area is 209 Å². The fourth-order valence-electron chi connectivity index (χ4n) is 3.14. The first kappa shape index (κ1) is 26.3. The highest BCUT2D eigenvalue weighted by molar-refractivity contribution is 6.28. The predicted molar refractivity (Wildman–Crippen MR) is 127 cm³/mol. The van der Waals surface area contributed by atoms with Crippen molar-refractivity contribution in [3.8, 4) is 23.4 Å². The van der Waals surface area contributed by atoms with Crippen molar-refractivity contribution >= 4 is 23.7 Å². The molecule has 1 amide bonds. The van der Waals surface area contributed by atoms with Gasteiger partial charge in [-0.1, -0.05) is 0 Å². The lowest BCUT2D eigenvalue weighted by atomic mass is 10.1. The molecule has 1 N–H and O–H groups in total. The van der Waals surface area contributed by atoms with Crippen molar-refractivity contribution < 1.29 is 23.4 Å². The van der Waals surface area contributed by atoms with Crippen molar-refractivity contribution in [1.82, 2.24) is 20.0 Å². The summed E-state index contributed by atoms with van der Waals surface area (Å²) >= 11 is 5.70. The van der Waals surface area contributed by atoms with Crippen LogP contribution < -0.4 is 20.5 Å². The maximum atomic E-state index is 14.0. The lowest BCUT2D eigenvalue weighted by molar-refractivity contribution is -0.121. The molecular formula is C23H20ClFN6O5. The van der Waals surface area contributed by atoms with Gasteiger partial charge < -0.3 is 18.8 Å². The van der Waals surface area contributed by atoms with Gasteiger partial charge >= 0.3 is 0 Å². The minimum atomic E-state index is -0.826. The number of halogens is 2. The highest BCUT2D eigenvalue weighted by atomic mass is 35.5. The van der Waals surface area contributed by atoms with Crippen LogP contribution in [0.1, 0.15) is 22.4 Å². The molecule has 0 atom stereocenters. The molecule has 2 heterocycles. The van der Waals surface area contributed by atoms with Gasteiger partial charge in [0.15, 0.2) is 11.5 Å². The lowest BCUT2D eigenvalue weighted by Gasteiger charge is -2.12. The maximum absolute atomic E-state index is 14.0. The Balaban J connectivity index is 1.74. The van der Waals surface area contributed by atoms with Gasteiger partial charge in [0.2, 0.25) is 11.1 Å². The summed E-state index contributed by atoms with van der Waals surface area (Å²) in [4.78, 5) is 32.2. The molecule has 3 rings (SSSR count). The summed E-state index contributed by atoms with van der Waals surface area (Å²) in [7, 11) is 2.86. The van der Waals surface area contributed by atoms with Crippen LogP contribution in [-0.2, 0) is 22.7 Å². The summed E-state index contributed by atoms with van der Waals surface area (Å²) in [5.74, 6) is -1.42. The molecule has 0 radical (unpaired) electrons. The van der Waals surface area contributed by atoms with Crippen LogP contribution in [0, 0.1) is 24.1 Å². The first-order chi connectivity index (χ1) is 17.3. The first-order valence-corrected chi connectivity index (χ1v) is 10.6. The fraction of sp³-hybridized carbons (Fsp3) is 0.217. The molecule has 0 aliphatic rings. The van der Waals surface area contributed by atoms with E-state index in [1.807, 2.05) is 6.07 Å². The van der Waals surface area contributed by atoms with E-state index < -0.39 is 23.2 Å². The second-order valence-corrected chi connectivity index (χ2v) is 7.56. The van der Waals surface area contributed by atoms with Gasteiger partial charge in [0.05, 0.1) is 26.1 Å². The molecule has 0 aliphatic carbocycles. The number of hydrogen-bond donors (Lipinski definition) is 1. The molecule has 2 aromatic heterocycles. The van der Waals surface area contributed by atoms with E-state index in [1.54, 1.807) is 25.1 Å². The number of hydrogen-bond acceptors (Lipinski definition) is 9.